The van der Waals surface area contributed by atoms with Gasteiger partial charge in [-0.05, 0) is 12.0 Å². The van der Waals surface area contributed by atoms with E-state index in [1.54, 1.807) is 6.20 Å². The van der Waals surface area contributed by atoms with Crippen molar-refractivity contribution in [1.82, 2.24) is 9.78 Å². The Morgan fingerprint density at radius 3 is 2.91 bits per heavy atom. The van der Waals surface area contributed by atoms with Gasteiger partial charge in [-0.1, -0.05) is 26.0 Å². The van der Waals surface area contributed by atoms with Crippen molar-refractivity contribution < 1.29 is 0 Å². The first kappa shape index (κ1) is 8.05. The van der Waals surface area contributed by atoms with Crippen LogP contribution in [0.5, 0.6) is 0 Å². The van der Waals surface area contributed by atoms with Crippen LogP contribution < -0.4 is 0 Å². The largest absolute Gasteiger partial charge is 0.269 e. The zero-order valence-corrected chi connectivity index (χ0v) is 7.07. The first-order chi connectivity index (χ1) is 5.29. The maximum atomic E-state index is 4.08. The zero-order chi connectivity index (χ0) is 8.10. The van der Waals surface area contributed by atoms with Gasteiger partial charge in [0.05, 0.1) is 6.54 Å². The molecule has 0 amide bonds. The van der Waals surface area contributed by atoms with Gasteiger partial charge in [-0.15, -0.1) is 0 Å². The zero-order valence-electron chi connectivity index (χ0n) is 7.07. The number of nitrogens with zero attached hydrogens (tertiary/aromatic N) is 2. The summed E-state index contributed by atoms with van der Waals surface area (Å²) in [6, 6.07) is 1.93. The SMILES string of the molecule is CC(C)/C=C\Cn1cccn1. The fourth-order valence-corrected chi connectivity index (χ4v) is 0.849. The summed E-state index contributed by atoms with van der Waals surface area (Å²) in [4.78, 5) is 0. The third kappa shape index (κ3) is 3.03. The quantitative estimate of drug-likeness (QED) is 0.603. The predicted octanol–water partition coefficient (Wildman–Crippen LogP) is 2.10. The molecule has 0 saturated heterocycles. The third-order valence-electron chi connectivity index (χ3n) is 1.37. The summed E-state index contributed by atoms with van der Waals surface area (Å²) >= 11 is 0. The maximum Gasteiger partial charge on any atom is 0.0590 e. The van der Waals surface area contributed by atoms with E-state index in [1.165, 1.54) is 0 Å². The van der Waals surface area contributed by atoms with Crippen molar-refractivity contribution in [3.05, 3.63) is 30.6 Å². The molecule has 0 saturated carbocycles. The summed E-state index contributed by atoms with van der Waals surface area (Å²) in [5, 5.41) is 4.08. The average Bonchev–Trinajstić information content (AvgIpc) is 2.39. The predicted molar refractivity (Wildman–Crippen MR) is 46.2 cm³/mol. The molecule has 0 aliphatic rings. The Kier molecular flexibility index (Phi) is 2.90. The second-order valence-electron chi connectivity index (χ2n) is 2.90. The van der Waals surface area contributed by atoms with Crippen LogP contribution in [0, 0.1) is 5.92 Å². The molecule has 0 radical (unpaired) electrons. The van der Waals surface area contributed by atoms with Crippen LogP contribution in [0.4, 0.5) is 0 Å². The van der Waals surface area contributed by atoms with Crippen LogP contribution in [-0.4, -0.2) is 9.78 Å². The molecule has 1 aromatic heterocycles. The lowest BCUT2D eigenvalue weighted by Gasteiger charge is -1.95. The molecule has 1 heterocycles. The first-order valence-electron chi connectivity index (χ1n) is 3.93. The van der Waals surface area contributed by atoms with Gasteiger partial charge in [-0.2, -0.15) is 5.10 Å². The fourth-order valence-electron chi connectivity index (χ4n) is 0.849. The van der Waals surface area contributed by atoms with E-state index in [1.807, 2.05) is 16.9 Å². The van der Waals surface area contributed by atoms with Crippen molar-refractivity contribution in [3.8, 4) is 0 Å². The Morgan fingerprint density at radius 1 is 1.55 bits per heavy atom. The van der Waals surface area contributed by atoms with E-state index in [2.05, 4.69) is 31.1 Å². The van der Waals surface area contributed by atoms with Crippen LogP contribution in [0.3, 0.4) is 0 Å². The first-order valence-corrected chi connectivity index (χ1v) is 3.93. The molecule has 1 rings (SSSR count). The minimum atomic E-state index is 0.630. The number of allylic oxidation sites excluding steroid dienone is 2. The molecule has 2 nitrogen and oxygen atoms in total. The van der Waals surface area contributed by atoms with Gasteiger partial charge in [0.1, 0.15) is 0 Å². The van der Waals surface area contributed by atoms with E-state index in [0.29, 0.717) is 5.92 Å². The fraction of sp³-hybridized carbons (Fsp3) is 0.444. The molecular weight excluding hydrogens is 136 g/mol. The van der Waals surface area contributed by atoms with Gasteiger partial charge in [0.15, 0.2) is 0 Å². The van der Waals surface area contributed by atoms with E-state index in [-0.39, 0.29) is 0 Å². The minimum Gasteiger partial charge on any atom is -0.269 e. The summed E-state index contributed by atoms with van der Waals surface area (Å²) in [7, 11) is 0. The van der Waals surface area contributed by atoms with Crippen LogP contribution in [0.15, 0.2) is 30.6 Å². The molecule has 11 heavy (non-hydrogen) atoms. The second kappa shape index (κ2) is 3.96. The maximum absolute atomic E-state index is 4.08. The van der Waals surface area contributed by atoms with Crippen molar-refractivity contribution in [3.63, 3.8) is 0 Å². The van der Waals surface area contributed by atoms with Crippen molar-refractivity contribution in [2.75, 3.05) is 0 Å². The van der Waals surface area contributed by atoms with Crippen LogP contribution in [-0.2, 0) is 6.54 Å². The molecule has 0 bridgehead atoms. The number of aromatic nitrogens is 2. The normalized spacial score (nSPS) is 11.5. The van der Waals surface area contributed by atoms with Gasteiger partial charge in [-0.3, -0.25) is 4.68 Å². The van der Waals surface area contributed by atoms with E-state index in [0.717, 1.165) is 6.54 Å². The van der Waals surface area contributed by atoms with E-state index >= 15 is 0 Å². The Morgan fingerprint density at radius 2 is 2.36 bits per heavy atom. The van der Waals surface area contributed by atoms with Crippen molar-refractivity contribution in [2.45, 2.75) is 20.4 Å². The highest BCUT2D eigenvalue weighted by Crippen LogP contribution is 1.94. The Hall–Kier alpha value is -1.05. The number of hydrogen-bond acceptors (Lipinski definition) is 1. The lowest BCUT2D eigenvalue weighted by molar-refractivity contribution is 0.694. The molecule has 0 fully saturated rings. The summed E-state index contributed by atoms with van der Waals surface area (Å²) in [5.41, 5.74) is 0. The average molecular weight is 150 g/mol. The summed E-state index contributed by atoms with van der Waals surface area (Å²) < 4.78 is 1.90. The standard InChI is InChI=1S/C9H14N2/c1-9(2)5-3-7-11-8-4-6-10-11/h3-6,8-9H,7H2,1-2H3/b5-3-. The van der Waals surface area contributed by atoms with Gasteiger partial charge >= 0.3 is 0 Å². The second-order valence-corrected chi connectivity index (χ2v) is 2.90. The molecule has 2 heteroatoms. The monoisotopic (exact) mass is 150 g/mol. The molecule has 0 aliphatic heterocycles. The third-order valence-corrected chi connectivity index (χ3v) is 1.37. The smallest absolute Gasteiger partial charge is 0.0590 e. The van der Waals surface area contributed by atoms with Crippen LogP contribution in [0.2, 0.25) is 0 Å². The van der Waals surface area contributed by atoms with Crippen molar-refractivity contribution in [2.24, 2.45) is 5.92 Å². The summed E-state index contributed by atoms with van der Waals surface area (Å²) in [5.74, 6) is 0.630. The minimum absolute atomic E-state index is 0.630. The van der Waals surface area contributed by atoms with Gasteiger partial charge < -0.3 is 0 Å². The molecule has 60 valence electrons. The Bertz CT molecular complexity index is 209. The Labute approximate surface area is 67.5 Å². The van der Waals surface area contributed by atoms with E-state index < -0.39 is 0 Å². The van der Waals surface area contributed by atoms with Gasteiger partial charge in [0.2, 0.25) is 0 Å². The van der Waals surface area contributed by atoms with Crippen molar-refractivity contribution >= 4 is 0 Å². The molecule has 0 aromatic carbocycles. The molecule has 0 aliphatic carbocycles. The van der Waals surface area contributed by atoms with Gasteiger partial charge in [0, 0.05) is 12.4 Å². The van der Waals surface area contributed by atoms with Crippen LogP contribution >= 0.6 is 0 Å². The molecular formula is C9H14N2. The Balaban J connectivity index is 2.34. The van der Waals surface area contributed by atoms with E-state index in [4.69, 9.17) is 0 Å². The summed E-state index contributed by atoms with van der Waals surface area (Å²) in [6.45, 7) is 5.21. The summed E-state index contributed by atoms with van der Waals surface area (Å²) in [6.07, 6.45) is 8.08. The molecule has 1 aromatic rings. The van der Waals surface area contributed by atoms with Crippen molar-refractivity contribution in [1.29, 1.82) is 0 Å². The highest BCUT2D eigenvalue weighted by Gasteiger charge is 1.85. The van der Waals surface area contributed by atoms with Crippen LogP contribution in [0.25, 0.3) is 0 Å². The highest BCUT2D eigenvalue weighted by molar-refractivity contribution is 4.86. The lowest BCUT2D eigenvalue weighted by atomic mass is 10.2. The van der Waals surface area contributed by atoms with E-state index in [9.17, 15) is 0 Å². The molecule has 0 unspecified atom stereocenters. The highest BCUT2D eigenvalue weighted by atomic mass is 15.3. The lowest BCUT2D eigenvalue weighted by Crippen LogP contribution is -1.94. The van der Waals surface area contributed by atoms with Crippen LogP contribution in [0.1, 0.15) is 13.8 Å². The molecule has 0 atom stereocenters. The number of hydrogen-bond donors (Lipinski definition) is 0. The van der Waals surface area contributed by atoms with Gasteiger partial charge in [-0.25, -0.2) is 0 Å². The van der Waals surface area contributed by atoms with Gasteiger partial charge in [0.25, 0.3) is 0 Å². The topological polar surface area (TPSA) is 17.8 Å². The molecule has 0 spiro atoms. The number of rotatable bonds is 3. The molecule has 0 N–H and O–H groups in total.